The van der Waals surface area contributed by atoms with Crippen LogP contribution in [0.25, 0.3) is 0 Å². The second kappa shape index (κ2) is 5.19. The van der Waals surface area contributed by atoms with Gasteiger partial charge in [0.2, 0.25) is 0 Å². The topological polar surface area (TPSA) is 29.9 Å². The van der Waals surface area contributed by atoms with Gasteiger partial charge in [-0.1, -0.05) is 18.5 Å². The van der Waals surface area contributed by atoms with Crippen molar-refractivity contribution in [3.05, 3.63) is 16.9 Å². The van der Waals surface area contributed by atoms with E-state index in [2.05, 4.69) is 22.0 Å². The van der Waals surface area contributed by atoms with Gasteiger partial charge in [-0.3, -0.25) is 4.68 Å². The number of rotatable bonds is 5. The lowest BCUT2D eigenvalue weighted by atomic mass is 9.71. The molecule has 1 N–H and O–H groups in total. The van der Waals surface area contributed by atoms with Gasteiger partial charge in [-0.2, -0.15) is 5.10 Å². The van der Waals surface area contributed by atoms with Crippen LogP contribution in [0.5, 0.6) is 0 Å². The first-order valence-corrected chi connectivity index (χ1v) is 6.51. The van der Waals surface area contributed by atoms with Crippen LogP contribution in [0.1, 0.15) is 37.8 Å². The monoisotopic (exact) mass is 241 g/mol. The lowest BCUT2D eigenvalue weighted by molar-refractivity contribution is 0.238. The normalized spacial score (nSPS) is 24.4. The maximum Gasteiger partial charge on any atom is 0.0820 e. The quantitative estimate of drug-likeness (QED) is 0.859. The van der Waals surface area contributed by atoms with Crippen LogP contribution in [0.4, 0.5) is 0 Å². The van der Waals surface area contributed by atoms with Crippen molar-refractivity contribution in [2.75, 3.05) is 13.6 Å². The average molecular weight is 242 g/mol. The van der Waals surface area contributed by atoms with E-state index in [9.17, 15) is 0 Å². The third kappa shape index (κ3) is 2.11. The molecule has 0 bridgehead atoms. The fraction of sp³-hybridized carbons (Fsp3) is 0.750. The van der Waals surface area contributed by atoms with E-state index < -0.39 is 0 Å². The van der Waals surface area contributed by atoms with Crippen LogP contribution < -0.4 is 5.32 Å². The van der Waals surface area contributed by atoms with E-state index >= 15 is 0 Å². The van der Waals surface area contributed by atoms with Crippen molar-refractivity contribution < 1.29 is 0 Å². The van der Waals surface area contributed by atoms with Crippen molar-refractivity contribution in [3.8, 4) is 0 Å². The molecule has 0 radical (unpaired) electrons. The molecular weight excluding hydrogens is 222 g/mol. The number of nitrogens with zero attached hydrogens (tertiary/aromatic N) is 2. The number of hydrogen-bond donors (Lipinski definition) is 1. The summed E-state index contributed by atoms with van der Waals surface area (Å²) >= 11 is 6.25. The van der Waals surface area contributed by atoms with Gasteiger partial charge in [-0.15, -0.1) is 0 Å². The summed E-state index contributed by atoms with van der Waals surface area (Å²) in [4.78, 5) is 0. The standard InChI is InChI=1S/C12H20ClN3/c1-3-6-16-12(11(13)8-15-16)10-5-4-9(10)7-14-2/h8-10,14H,3-7H2,1-2H3. The summed E-state index contributed by atoms with van der Waals surface area (Å²) in [6.07, 6.45) is 5.45. The molecule has 1 aliphatic rings. The molecular formula is C12H20ClN3. The Hall–Kier alpha value is -0.540. The van der Waals surface area contributed by atoms with Gasteiger partial charge in [0.05, 0.1) is 16.9 Å². The van der Waals surface area contributed by atoms with Gasteiger partial charge in [-0.25, -0.2) is 0 Å². The minimum absolute atomic E-state index is 0.606. The second-order valence-corrected chi connectivity index (χ2v) is 5.01. The first-order chi connectivity index (χ1) is 7.77. The molecule has 2 rings (SSSR count). The largest absolute Gasteiger partial charge is 0.319 e. The molecule has 0 aromatic carbocycles. The van der Waals surface area contributed by atoms with E-state index in [0.717, 1.165) is 30.5 Å². The minimum atomic E-state index is 0.606. The minimum Gasteiger partial charge on any atom is -0.319 e. The molecule has 1 saturated carbocycles. The number of halogens is 1. The van der Waals surface area contributed by atoms with Gasteiger partial charge in [0.15, 0.2) is 0 Å². The predicted octanol–water partition coefficient (Wildman–Crippen LogP) is 2.66. The average Bonchev–Trinajstić information content (AvgIpc) is 2.58. The van der Waals surface area contributed by atoms with E-state index in [1.165, 1.54) is 18.5 Å². The smallest absolute Gasteiger partial charge is 0.0820 e. The molecule has 1 heterocycles. The van der Waals surface area contributed by atoms with E-state index in [1.807, 2.05) is 7.05 Å². The maximum absolute atomic E-state index is 6.25. The van der Waals surface area contributed by atoms with Crippen molar-refractivity contribution in [2.24, 2.45) is 5.92 Å². The molecule has 0 amide bonds. The number of aromatic nitrogens is 2. The highest BCUT2D eigenvalue weighted by atomic mass is 35.5. The summed E-state index contributed by atoms with van der Waals surface area (Å²) < 4.78 is 2.09. The van der Waals surface area contributed by atoms with E-state index in [1.54, 1.807) is 6.20 Å². The Kier molecular flexibility index (Phi) is 3.87. The predicted molar refractivity (Wildman–Crippen MR) is 66.9 cm³/mol. The molecule has 1 aliphatic carbocycles. The van der Waals surface area contributed by atoms with Gasteiger partial charge in [0.25, 0.3) is 0 Å². The van der Waals surface area contributed by atoms with Crippen LogP contribution in [0, 0.1) is 5.92 Å². The molecule has 90 valence electrons. The summed E-state index contributed by atoms with van der Waals surface area (Å²) in [5, 5.41) is 8.47. The zero-order valence-electron chi connectivity index (χ0n) is 10.0. The molecule has 3 nitrogen and oxygen atoms in total. The van der Waals surface area contributed by atoms with Gasteiger partial charge in [0.1, 0.15) is 0 Å². The van der Waals surface area contributed by atoms with Gasteiger partial charge in [0, 0.05) is 12.5 Å². The number of hydrogen-bond acceptors (Lipinski definition) is 2. The van der Waals surface area contributed by atoms with E-state index in [4.69, 9.17) is 11.6 Å². The Morgan fingerprint density at radius 3 is 2.94 bits per heavy atom. The maximum atomic E-state index is 6.25. The highest BCUT2D eigenvalue weighted by molar-refractivity contribution is 6.31. The highest BCUT2D eigenvalue weighted by Gasteiger charge is 2.35. The summed E-state index contributed by atoms with van der Waals surface area (Å²) in [7, 11) is 2.01. The molecule has 1 aromatic heterocycles. The van der Waals surface area contributed by atoms with Crippen LogP contribution in [-0.2, 0) is 6.54 Å². The molecule has 0 spiro atoms. The van der Waals surface area contributed by atoms with Gasteiger partial charge >= 0.3 is 0 Å². The molecule has 0 saturated heterocycles. The van der Waals surface area contributed by atoms with Crippen LogP contribution in [0.3, 0.4) is 0 Å². The number of aryl methyl sites for hydroxylation is 1. The Bertz CT molecular complexity index is 348. The Morgan fingerprint density at radius 1 is 1.56 bits per heavy atom. The second-order valence-electron chi connectivity index (χ2n) is 4.60. The molecule has 2 unspecified atom stereocenters. The van der Waals surface area contributed by atoms with Crippen molar-refractivity contribution in [1.29, 1.82) is 0 Å². The fourth-order valence-corrected chi connectivity index (χ4v) is 2.85. The van der Waals surface area contributed by atoms with Crippen LogP contribution in [0.2, 0.25) is 5.02 Å². The molecule has 1 fully saturated rings. The lowest BCUT2D eigenvalue weighted by Gasteiger charge is -2.37. The zero-order chi connectivity index (χ0) is 11.5. The lowest BCUT2D eigenvalue weighted by Crippen LogP contribution is -2.33. The van der Waals surface area contributed by atoms with E-state index in [-0.39, 0.29) is 0 Å². The first-order valence-electron chi connectivity index (χ1n) is 6.13. The Labute approximate surface area is 102 Å². The van der Waals surface area contributed by atoms with Crippen molar-refractivity contribution in [2.45, 2.75) is 38.6 Å². The molecule has 4 heteroatoms. The van der Waals surface area contributed by atoms with Gasteiger partial charge in [-0.05, 0) is 38.8 Å². The van der Waals surface area contributed by atoms with Crippen LogP contribution in [-0.4, -0.2) is 23.4 Å². The zero-order valence-corrected chi connectivity index (χ0v) is 10.8. The molecule has 2 atom stereocenters. The van der Waals surface area contributed by atoms with Crippen LogP contribution >= 0.6 is 11.6 Å². The molecule has 0 aliphatic heterocycles. The Balaban J connectivity index is 2.15. The van der Waals surface area contributed by atoms with E-state index in [0.29, 0.717) is 5.92 Å². The van der Waals surface area contributed by atoms with Gasteiger partial charge < -0.3 is 5.32 Å². The summed E-state index contributed by atoms with van der Waals surface area (Å²) in [5.74, 6) is 1.34. The number of nitrogens with one attached hydrogen (secondary N) is 1. The highest BCUT2D eigenvalue weighted by Crippen LogP contribution is 2.44. The summed E-state index contributed by atoms with van der Waals surface area (Å²) in [6, 6.07) is 0. The van der Waals surface area contributed by atoms with Crippen molar-refractivity contribution in [3.63, 3.8) is 0 Å². The first kappa shape index (κ1) is 11.9. The van der Waals surface area contributed by atoms with Crippen LogP contribution in [0.15, 0.2) is 6.20 Å². The summed E-state index contributed by atoms with van der Waals surface area (Å²) in [6.45, 7) is 4.23. The van der Waals surface area contributed by atoms with Crippen molar-refractivity contribution >= 4 is 11.6 Å². The molecule has 16 heavy (non-hydrogen) atoms. The fourth-order valence-electron chi connectivity index (χ4n) is 2.57. The van der Waals surface area contributed by atoms with Crippen molar-refractivity contribution in [1.82, 2.24) is 15.1 Å². The third-order valence-electron chi connectivity index (χ3n) is 3.50. The SMILES string of the molecule is CCCn1ncc(Cl)c1C1CCC1CNC. The Morgan fingerprint density at radius 2 is 2.38 bits per heavy atom. The summed E-state index contributed by atoms with van der Waals surface area (Å²) in [5.41, 5.74) is 1.26. The molecule has 1 aromatic rings. The third-order valence-corrected chi connectivity index (χ3v) is 3.79.